The number of carbonyl (C=O) groups excluding carboxylic acids is 1. The Bertz CT molecular complexity index is 850. The van der Waals surface area contributed by atoms with Gasteiger partial charge >= 0.3 is 0 Å². The molecule has 1 amide bonds. The van der Waals surface area contributed by atoms with Crippen molar-refractivity contribution in [2.75, 3.05) is 13.6 Å². The number of imidazole rings is 1. The molecule has 1 atom stereocenters. The molecule has 1 aromatic carbocycles. The Balaban J connectivity index is 1.41. The highest BCUT2D eigenvalue weighted by molar-refractivity contribution is 5.93. The Labute approximate surface area is 145 Å². The molecule has 3 heterocycles. The average molecular weight is 334 g/mol. The van der Waals surface area contributed by atoms with Crippen LogP contribution in [-0.4, -0.2) is 45.0 Å². The first-order valence-corrected chi connectivity index (χ1v) is 8.15. The minimum atomic E-state index is -0.0655. The largest absolute Gasteiger partial charge is 0.488 e. The van der Waals surface area contributed by atoms with Gasteiger partial charge in [0.25, 0.3) is 5.91 Å². The number of pyridine rings is 1. The van der Waals surface area contributed by atoms with E-state index in [1.807, 2.05) is 30.5 Å². The summed E-state index contributed by atoms with van der Waals surface area (Å²) in [6, 6.07) is 11.6. The predicted molar refractivity (Wildman–Crippen MR) is 92.9 cm³/mol. The molecule has 0 saturated heterocycles. The summed E-state index contributed by atoms with van der Waals surface area (Å²) in [6.07, 6.45) is 7.58. The van der Waals surface area contributed by atoms with Crippen LogP contribution in [0.15, 0.2) is 61.3 Å². The molecule has 1 aliphatic heterocycles. The highest BCUT2D eigenvalue weighted by Crippen LogP contribution is 2.28. The van der Waals surface area contributed by atoms with Crippen molar-refractivity contribution in [3.05, 3.63) is 72.4 Å². The summed E-state index contributed by atoms with van der Waals surface area (Å²) in [4.78, 5) is 22.6. The monoisotopic (exact) mass is 334 g/mol. The Hall–Kier alpha value is -3.15. The minimum Gasteiger partial charge on any atom is -0.488 e. The molecule has 6 nitrogen and oxygen atoms in total. The number of nitrogens with zero attached hydrogens (tertiary/aromatic N) is 4. The van der Waals surface area contributed by atoms with E-state index >= 15 is 0 Å². The van der Waals surface area contributed by atoms with Crippen LogP contribution in [0.1, 0.15) is 15.9 Å². The van der Waals surface area contributed by atoms with E-state index in [9.17, 15) is 4.79 Å². The lowest BCUT2D eigenvalue weighted by Crippen LogP contribution is -2.36. The Morgan fingerprint density at radius 2 is 2.20 bits per heavy atom. The first-order valence-electron chi connectivity index (χ1n) is 8.15. The summed E-state index contributed by atoms with van der Waals surface area (Å²) in [5.74, 6) is 1.58. The molecule has 126 valence electrons. The standard InChI is InChI=1S/C19H18N4O2/c1-22(12-16-10-14-4-2-3-5-17(14)25-16)19(24)15-6-7-18(21-11-15)23-9-8-20-13-23/h2-9,11,13,16H,10,12H2,1H3. The number of hydrogen-bond acceptors (Lipinski definition) is 4. The predicted octanol–water partition coefficient (Wildman–Crippen LogP) is 2.34. The zero-order valence-corrected chi connectivity index (χ0v) is 13.9. The fourth-order valence-corrected chi connectivity index (χ4v) is 3.02. The first-order chi connectivity index (χ1) is 12.2. The van der Waals surface area contributed by atoms with Gasteiger partial charge in [0.1, 0.15) is 24.0 Å². The molecule has 0 aliphatic carbocycles. The maximum absolute atomic E-state index is 12.6. The van der Waals surface area contributed by atoms with Gasteiger partial charge in [0.15, 0.2) is 0 Å². The third-order valence-corrected chi connectivity index (χ3v) is 4.30. The van der Waals surface area contributed by atoms with Crippen molar-refractivity contribution < 1.29 is 9.53 Å². The molecule has 1 unspecified atom stereocenters. The molecule has 4 rings (SSSR count). The van der Waals surface area contributed by atoms with Gasteiger partial charge in [-0.3, -0.25) is 9.36 Å². The van der Waals surface area contributed by atoms with Gasteiger partial charge in [0, 0.05) is 32.1 Å². The third kappa shape index (κ3) is 3.10. The van der Waals surface area contributed by atoms with Gasteiger partial charge in [-0.1, -0.05) is 18.2 Å². The van der Waals surface area contributed by atoms with Crippen molar-refractivity contribution in [1.29, 1.82) is 0 Å². The summed E-state index contributed by atoms with van der Waals surface area (Å²) in [5, 5.41) is 0. The van der Waals surface area contributed by atoms with Crippen molar-refractivity contribution in [3.8, 4) is 11.6 Å². The fourth-order valence-electron chi connectivity index (χ4n) is 3.02. The van der Waals surface area contributed by atoms with E-state index in [2.05, 4.69) is 16.0 Å². The lowest BCUT2D eigenvalue weighted by Gasteiger charge is -2.21. The van der Waals surface area contributed by atoms with E-state index in [-0.39, 0.29) is 12.0 Å². The molecular formula is C19H18N4O2. The number of hydrogen-bond donors (Lipinski definition) is 0. The van der Waals surface area contributed by atoms with Gasteiger partial charge in [-0.2, -0.15) is 0 Å². The van der Waals surface area contributed by atoms with E-state index < -0.39 is 0 Å². The van der Waals surface area contributed by atoms with E-state index in [1.165, 1.54) is 5.56 Å². The van der Waals surface area contributed by atoms with Gasteiger partial charge in [-0.25, -0.2) is 9.97 Å². The van der Waals surface area contributed by atoms with Crippen molar-refractivity contribution >= 4 is 5.91 Å². The second-order valence-corrected chi connectivity index (χ2v) is 6.11. The normalized spacial score (nSPS) is 15.5. The van der Waals surface area contributed by atoms with E-state index in [0.717, 1.165) is 18.0 Å². The molecule has 0 bridgehead atoms. The summed E-state index contributed by atoms with van der Waals surface area (Å²) < 4.78 is 7.71. The number of aromatic nitrogens is 3. The van der Waals surface area contributed by atoms with E-state index in [4.69, 9.17) is 4.74 Å². The van der Waals surface area contributed by atoms with Gasteiger partial charge in [-0.15, -0.1) is 0 Å². The molecular weight excluding hydrogens is 316 g/mol. The quantitative estimate of drug-likeness (QED) is 0.735. The molecule has 2 aromatic heterocycles. The molecule has 0 radical (unpaired) electrons. The van der Waals surface area contributed by atoms with Crippen LogP contribution in [0.2, 0.25) is 0 Å². The Morgan fingerprint density at radius 3 is 2.92 bits per heavy atom. The SMILES string of the molecule is CN(CC1Cc2ccccc2O1)C(=O)c1ccc(-n2ccnc2)nc1. The van der Waals surface area contributed by atoms with Crippen LogP contribution in [0.4, 0.5) is 0 Å². The summed E-state index contributed by atoms with van der Waals surface area (Å²) >= 11 is 0. The second kappa shape index (κ2) is 6.39. The van der Waals surface area contributed by atoms with Crippen LogP contribution in [0, 0.1) is 0 Å². The van der Waals surface area contributed by atoms with Crippen molar-refractivity contribution in [1.82, 2.24) is 19.4 Å². The number of likely N-dealkylation sites (N-methyl/N-ethyl adjacent to an activating group) is 1. The smallest absolute Gasteiger partial charge is 0.255 e. The molecule has 1 aliphatic rings. The molecule has 0 spiro atoms. The Kier molecular flexibility index (Phi) is 3.93. The maximum atomic E-state index is 12.6. The first kappa shape index (κ1) is 15.4. The van der Waals surface area contributed by atoms with E-state index in [1.54, 1.807) is 41.3 Å². The van der Waals surface area contributed by atoms with Gasteiger partial charge in [0.05, 0.1) is 12.1 Å². The number of amides is 1. The lowest BCUT2D eigenvalue weighted by molar-refractivity contribution is 0.0730. The number of ether oxygens (including phenoxy) is 1. The number of para-hydroxylation sites is 1. The topological polar surface area (TPSA) is 60.2 Å². The highest BCUT2D eigenvalue weighted by Gasteiger charge is 2.25. The van der Waals surface area contributed by atoms with Crippen molar-refractivity contribution in [3.63, 3.8) is 0 Å². The van der Waals surface area contributed by atoms with E-state index in [0.29, 0.717) is 12.1 Å². The molecule has 0 fully saturated rings. The van der Waals surface area contributed by atoms with Crippen molar-refractivity contribution in [2.45, 2.75) is 12.5 Å². The zero-order valence-electron chi connectivity index (χ0n) is 13.9. The maximum Gasteiger partial charge on any atom is 0.255 e. The van der Waals surface area contributed by atoms with Crippen LogP contribution in [0.5, 0.6) is 5.75 Å². The summed E-state index contributed by atoms with van der Waals surface area (Å²) in [6.45, 7) is 0.538. The highest BCUT2D eigenvalue weighted by atomic mass is 16.5. The van der Waals surface area contributed by atoms with Gasteiger partial charge in [-0.05, 0) is 23.8 Å². The zero-order chi connectivity index (χ0) is 17.2. The third-order valence-electron chi connectivity index (χ3n) is 4.30. The van der Waals surface area contributed by atoms with Crippen LogP contribution < -0.4 is 4.74 Å². The lowest BCUT2D eigenvalue weighted by atomic mass is 10.1. The summed E-state index contributed by atoms with van der Waals surface area (Å²) in [7, 11) is 1.79. The summed E-state index contributed by atoms with van der Waals surface area (Å²) in [5.41, 5.74) is 1.75. The molecule has 25 heavy (non-hydrogen) atoms. The van der Waals surface area contributed by atoms with Crippen LogP contribution in [0.25, 0.3) is 5.82 Å². The molecule has 3 aromatic rings. The van der Waals surface area contributed by atoms with Crippen LogP contribution in [0.3, 0.4) is 0 Å². The number of benzene rings is 1. The molecule has 0 N–H and O–H groups in total. The molecule has 6 heteroatoms. The number of carbonyl (C=O) groups is 1. The van der Waals surface area contributed by atoms with Gasteiger partial charge < -0.3 is 9.64 Å². The fraction of sp³-hybridized carbons (Fsp3) is 0.211. The minimum absolute atomic E-state index is 0.00969. The number of fused-ring (bicyclic) bond motifs is 1. The Morgan fingerprint density at radius 1 is 1.32 bits per heavy atom. The van der Waals surface area contributed by atoms with Gasteiger partial charge in [0.2, 0.25) is 0 Å². The number of rotatable bonds is 4. The van der Waals surface area contributed by atoms with Crippen LogP contribution in [-0.2, 0) is 6.42 Å². The van der Waals surface area contributed by atoms with Crippen molar-refractivity contribution in [2.24, 2.45) is 0 Å². The van der Waals surface area contributed by atoms with Crippen LogP contribution >= 0.6 is 0 Å². The molecule has 0 saturated carbocycles. The second-order valence-electron chi connectivity index (χ2n) is 6.11. The average Bonchev–Trinajstić information content (AvgIpc) is 3.30.